The van der Waals surface area contributed by atoms with E-state index in [1.165, 1.54) is 4.70 Å². The van der Waals surface area contributed by atoms with Gasteiger partial charge in [-0.3, -0.25) is 0 Å². The summed E-state index contributed by atoms with van der Waals surface area (Å²) in [5.41, 5.74) is 2.08. The molecule has 0 bridgehead atoms. The molecule has 0 aliphatic rings. The van der Waals surface area contributed by atoms with E-state index < -0.39 is 0 Å². The van der Waals surface area contributed by atoms with Gasteiger partial charge >= 0.3 is 0 Å². The molecule has 0 radical (unpaired) electrons. The van der Waals surface area contributed by atoms with Crippen LogP contribution in [0.2, 0.25) is 0 Å². The summed E-state index contributed by atoms with van der Waals surface area (Å²) in [6.07, 6.45) is 1.75. The van der Waals surface area contributed by atoms with Crippen LogP contribution in [-0.2, 0) is 5.75 Å². The topological polar surface area (TPSA) is 43.6 Å². The van der Waals surface area contributed by atoms with Crippen molar-refractivity contribution >= 4 is 33.3 Å². The zero-order valence-corrected chi connectivity index (χ0v) is 13.2. The predicted octanol–water partition coefficient (Wildman–Crippen LogP) is 4.17. The largest absolute Gasteiger partial charge is 0.240 e. The minimum absolute atomic E-state index is 0.767. The smallest absolute Gasteiger partial charge is 0.209 e. The number of nitrogens with zero attached hydrogens (tertiary/aromatic N) is 4. The highest BCUT2D eigenvalue weighted by Crippen LogP contribution is 2.27. The van der Waals surface area contributed by atoms with Gasteiger partial charge in [-0.25, -0.2) is 14.6 Å². The SMILES string of the molecule is c1ccc(-n2cnc(SCc3nc4ccccc4s3)n2)cc1. The molecular formula is C16H12N4S2. The Morgan fingerprint density at radius 1 is 1.00 bits per heavy atom. The van der Waals surface area contributed by atoms with E-state index >= 15 is 0 Å². The number of aromatic nitrogens is 4. The van der Waals surface area contributed by atoms with Crippen molar-refractivity contribution in [2.45, 2.75) is 10.9 Å². The lowest BCUT2D eigenvalue weighted by Gasteiger charge is -1.97. The molecule has 2 aromatic carbocycles. The lowest BCUT2D eigenvalue weighted by atomic mass is 10.3. The molecule has 0 N–H and O–H groups in total. The number of thioether (sulfide) groups is 1. The number of thiazole rings is 1. The van der Waals surface area contributed by atoms with Crippen molar-refractivity contribution in [2.24, 2.45) is 0 Å². The number of para-hydroxylation sites is 2. The molecule has 0 saturated heterocycles. The monoisotopic (exact) mass is 324 g/mol. The molecule has 108 valence electrons. The molecule has 4 aromatic rings. The van der Waals surface area contributed by atoms with Crippen LogP contribution in [0, 0.1) is 0 Å². The molecule has 0 aliphatic heterocycles. The molecular weight excluding hydrogens is 312 g/mol. The minimum Gasteiger partial charge on any atom is -0.240 e. The molecule has 6 heteroatoms. The minimum atomic E-state index is 0.767. The number of fused-ring (bicyclic) bond motifs is 1. The van der Waals surface area contributed by atoms with Crippen molar-refractivity contribution in [1.29, 1.82) is 0 Å². The van der Waals surface area contributed by atoms with Crippen molar-refractivity contribution in [1.82, 2.24) is 19.7 Å². The first-order chi connectivity index (χ1) is 10.9. The highest BCUT2D eigenvalue weighted by atomic mass is 32.2. The Morgan fingerprint density at radius 2 is 1.82 bits per heavy atom. The van der Waals surface area contributed by atoms with Gasteiger partial charge in [0.15, 0.2) is 0 Å². The van der Waals surface area contributed by atoms with Gasteiger partial charge in [0.05, 0.1) is 21.7 Å². The fourth-order valence-electron chi connectivity index (χ4n) is 2.13. The third kappa shape index (κ3) is 2.75. The van der Waals surface area contributed by atoms with Gasteiger partial charge in [0, 0.05) is 0 Å². The van der Waals surface area contributed by atoms with Gasteiger partial charge in [-0.2, -0.15) is 0 Å². The highest BCUT2D eigenvalue weighted by Gasteiger charge is 2.07. The number of hydrogen-bond acceptors (Lipinski definition) is 5. The van der Waals surface area contributed by atoms with E-state index in [2.05, 4.69) is 21.1 Å². The second-order valence-corrected chi connectivity index (χ2v) is 6.73. The van der Waals surface area contributed by atoms with Gasteiger partial charge in [0.2, 0.25) is 5.16 Å². The lowest BCUT2D eigenvalue weighted by Crippen LogP contribution is -1.93. The summed E-state index contributed by atoms with van der Waals surface area (Å²) in [7, 11) is 0. The van der Waals surface area contributed by atoms with Crippen LogP contribution < -0.4 is 0 Å². The Labute approximate surface area is 135 Å². The normalized spacial score (nSPS) is 11.1. The van der Waals surface area contributed by atoms with E-state index in [-0.39, 0.29) is 0 Å². The van der Waals surface area contributed by atoms with E-state index in [4.69, 9.17) is 0 Å². The molecule has 0 unspecified atom stereocenters. The summed E-state index contributed by atoms with van der Waals surface area (Å²) in [6.45, 7) is 0. The molecule has 2 aromatic heterocycles. The zero-order valence-electron chi connectivity index (χ0n) is 11.6. The fraction of sp³-hybridized carbons (Fsp3) is 0.0625. The van der Waals surface area contributed by atoms with Gasteiger partial charge in [0.1, 0.15) is 11.3 Å². The van der Waals surface area contributed by atoms with Crippen LogP contribution in [0.3, 0.4) is 0 Å². The Balaban J connectivity index is 1.49. The van der Waals surface area contributed by atoms with Gasteiger partial charge in [0.25, 0.3) is 0 Å². The van der Waals surface area contributed by atoms with E-state index in [0.29, 0.717) is 0 Å². The first-order valence-electron chi connectivity index (χ1n) is 6.83. The van der Waals surface area contributed by atoms with Crippen LogP contribution >= 0.6 is 23.1 Å². The average molecular weight is 324 g/mol. The van der Waals surface area contributed by atoms with Gasteiger partial charge in [-0.15, -0.1) is 16.4 Å². The molecule has 22 heavy (non-hydrogen) atoms. The predicted molar refractivity (Wildman–Crippen MR) is 90.5 cm³/mol. The average Bonchev–Trinajstić information content (AvgIpc) is 3.20. The van der Waals surface area contributed by atoms with E-state index in [1.54, 1.807) is 34.1 Å². The summed E-state index contributed by atoms with van der Waals surface area (Å²) in [6, 6.07) is 18.2. The van der Waals surface area contributed by atoms with Crippen LogP contribution in [0.5, 0.6) is 0 Å². The van der Waals surface area contributed by atoms with Gasteiger partial charge in [-0.1, -0.05) is 42.1 Å². The maximum atomic E-state index is 4.63. The Bertz CT molecular complexity index is 866. The van der Waals surface area contributed by atoms with Gasteiger partial charge in [-0.05, 0) is 24.3 Å². The second-order valence-electron chi connectivity index (χ2n) is 4.67. The van der Waals surface area contributed by atoms with Crippen molar-refractivity contribution in [3.05, 3.63) is 65.9 Å². The van der Waals surface area contributed by atoms with Crippen molar-refractivity contribution in [2.75, 3.05) is 0 Å². The third-order valence-corrected chi connectivity index (χ3v) is 5.24. The van der Waals surface area contributed by atoms with Crippen LogP contribution in [0.25, 0.3) is 15.9 Å². The Hall–Kier alpha value is -2.18. The first kappa shape index (κ1) is 13.5. The van der Waals surface area contributed by atoms with Gasteiger partial charge < -0.3 is 0 Å². The van der Waals surface area contributed by atoms with E-state index in [9.17, 15) is 0 Å². The third-order valence-electron chi connectivity index (χ3n) is 3.15. The molecule has 4 rings (SSSR count). The molecule has 0 aliphatic carbocycles. The summed E-state index contributed by atoms with van der Waals surface area (Å²) >= 11 is 3.33. The summed E-state index contributed by atoms with van der Waals surface area (Å²) in [4.78, 5) is 8.98. The standard InChI is InChI=1S/C16H12N4S2/c1-2-6-12(7-3-1)20-11-17-16(19-20)21-10-15-18-13-8-4-5-9-14(13)22-15/h1-9,11H,10H2. The Kier molecular flexibility index (Phi) is 3.62. The zero-order chi connectivity index (χ0) is 14.8. The molecule has 4 nitrogen and oxygen atoms in total. The molecule has 0 fully saturated rings. The quantitative estimate of drug-likeness (QED) is 0.529. The van der Waals surface area contributed by atoms with Crippen LogP contribution in [0.4, 0.5) is 0 Å². The molecule has 2 heterocycles. The number of benzene rings is 2. The van der Waals surface area contributed by atoms with Crippen LogP contribution in [-0.4, -0.2) is 19.7 Å². The Morgan fingerprint density at radius 3 is 2.68 bits per heavy atom. The van der Waals surface area contributed by atoms with Crippen molar-refractivity contribution in [3.63, 3.8) is 0 Å². The van der Waals surface area contributed by atoms with E-state index in [1.807, 2.05) is 48.5 Å². The maximum absolute atomic E-state index is 4.63. The summed E-state index contributed by atoms with van der Waals surface area (Å²) in [5.74, 6) is 0.790. The van der Waals surface area contributed by atoms with Crippen molar-refractivity contribution in [3.8, 4) is 5.69 Å². The van der Waals surface area contributed by atoms with Crippen LogP contribution in [0.1, 0.15) is 5.01 Å². The summed E-state index contributed by atoms with van der Waals surface area (Å²) < 4.78 is 3.02. The lowest BCUT2D eigenvalue weighted by molar-refractivity contribution is 0.834. The molecule has 0 saturated carbocycles. The maximum Gasteiger partial charge on any atom is 0.209 e. The van der Waals surface area contributed by atoms with E-state index in [0.717, 1.165) is 27.1 Å². The summed E-state index contributed by atoms with van der Waals surface area (Å²) in [5, 5.41) is 6.36. The first-order valence-corrected chi connectivity index (χ1v) is 8.63. The van der Waals surface area contributed by atoms with Crippen LogP contribution in [0.15, 0.2) is 66.1 Å². The number of rotatable bonds is 4. The molecule has 0 atom stereocenters. The second kappa shape index (κ2) is 5.90. The molecule has 0 spiro atoms. The number of hydrogen-bond donors (Lipinski definition) is 0. The van der Waals surface area contributed by atoms with Crippen molar-refractivity contribution < 1.29 is 0 Å². The fourth-order valence-corrected chi connectivity index (χ4v) is 3.89. The molecule has 0 amide bonds. The highest BCUT2D eigenvalue weighted by molar-refractivity contribution is 7.98.